The molecule has 2 rings (SSSR count). The molecule has 1 N–H and O–H groups in total. The van der Waals surface area contributed by atoms with Gasteiger partial charge in [0.15, 0.2) is 5.69 Å². The van der Waals surface area contributed by atoms with E-state index >= 15 is 0 Å². The van der Waals surface area contributed by atoms with Crippen molar-refractivity contribution in [1.29, 1.82) is 0 Å². The van der Waals surface area contributed by atoms with Crippen molar-refractivity contribution in [3.63, 3.8) is 0 Å². The van der Waals surface area contributed by atoms with E-state index < -0.39 is 11.9 Å². The van der Waals surface area contributed by atoms with Gasteiger partial charge >= 0.3 is 11.9 Å². The molecule has 0 atom stereocenters. The zero-order chi connectivity index (χ0) is 15.2. The van der Waals surface area contributed by atoms with Gasteiger partial charge in [-0.1, -0.05) is 17.3 Å². The zero-order valence-electron chi connectivity index (χ0n) is 11.3. The number of carbonyl (C=O) groups is 2. The van der Waals surface area contributed by atoms with E-state index in [9.17, 15) is 9.59 Å². The molecule has 0 aliphatic heterocycles. The van der Waals surface area contributed by atoms with E-state index in [4.69, 9.17) is 9.84 Å². The fourth-order valence-electron chi connectivity index (χ4n) is 1.59. The molecule has 1 heterocycles. The predicted molar refractivity (Wildman–Crippen MR) is 74.0 cm³/mol. The molecule has 0 spiro atoms. The van der Waals surface area contributed by atoms with Gasteiger partial charge in [0.2, 0.25) is 0 Å². The Bertz CT molecular complexity index is 674. The molecule has 0 unspecified atom stereocenters. The van der Waals surface area contributed by atoms with Gasteiger partial charge < -0.3 is 9.84 Å². The van der Waals surface area contributed by atoms with E-state index in [-0.39, 0.29) is 12.3 Å². The van der Waals surface area contributed by atoms with Crippen molar-refractivity contribution in [2.24, 2.45) is 0 Å². The minimum atomic E-state index is -1.01. The Balaban J connectivity index is 2.15. The highest BCUT2D eigenvalue weighted by Crippen LogP contribution is 2.10. The summed E-state index contributed by atoms with van der Waals surface area (Å²) in [5.41, 5.74) is 1.57. The van der Waals surface area contributed by atoms with Crippen LogP contribution in [0.1, 0.15) is 23.0 Å². The lowest BCUT2D eigenvalue weighted by Gasteiger charge is -2.00. The third kappa shape index (κ3) is 3.75. The molecule has 0 radical (unpaired) electrons. The summed E-state index contributed by atoms with van der Waals surface area (Å²) in [5, 5.41) is 16.1. The second kappa shape index (κ2) is 6.47. The molecule has 0 bridgehead atoms. The molecule has 0 amide bonds. The van der Waals surface area contributed by atoms with E-state index in [1.807, 2.05) is 0 Å². The fraction of sp³-hybridized carbons (Fsp3) is 0.143. The first-order valence-corrected chi connectivity index (χ1v) is 6.21. The van der Waals surface area contributed by atoms with Crippen LogP contribution in [0.5, 0.6) is 0 Å². The third-order valence-corrected chi connectivity index (χ3v) is 2.55. The lowest BCUT2D eigenvalue weighted by molar-refractivity contribution is -0.131. The maximum atomic E-state index is 11.5. The maximum absolute atomic E-state index is 11.5. The van der Waals surface area contributed by atoms with Crippen LogP contribution >= 0.6 is 0 Å². The Labute approximate surface area is 120 Å². The normalized spacial score (nSPS) is 10.7. The molecule has 0 aliphatic carbocycles. The highest BCUT2D eigenvalue weighted by Gasteiger charge is 2.12. The lowest BCUT2D eigenvalue weighted by atomic mass is 10.2. The number of aromatic nitrogens is 3. The van der Waals surface area contributed by atoms with Crippen LogP contribution < -0.4 is 0 Å². The first kappa shape index (κ1) is 14.4. The number of aliphatic carboxylic acids is 1. The van der Waals surface area contributed by atoms with Crippen LogP contribution in [0.4, 0.5) is 0 Å². The molecule has 7 heteroatoms. The summed E-state index contributed by atoms with van der Waals surface area (Å²) >= 11 is 0. The van der Waals surface area contributed by atoms with Crippen LogP contribution in [0, 0.1) is 0 Å². The molecule has 1 aromatic heterocycles. The van der Waals surface area contributed by atoms with Gasteiger partial charge in [-0.25, -0.2) is 14.3 Å². The van der Waals surface area contributed by atoms with Crippen molar-refractivity contribution < 1.29 is 19.4 Å². The number of hydrogen-bond donors (Lipinski definition) is 1. The number of rotatable bonds is 5. The average Bonchev–Trinajstić information content (AvgIpc) is 2.96. The van der Waals surface area contributed by atoms with Crippen molar-refractivity contribution in [3.8, 4) is 5.69 Å². The molecule has 1 aromatic carbocycles. The van der Waals surface area contributed by atoms with Crippen molar-refractivity contribution in [2.45, 2.75) is 6.92 Å². The minimum Gasteiger partial charge on any atom is -0.478 e. The van der Waals surface area contributed by atoms with Crippen LogP contribution in [0.15, 0.2) is 36.5 Å². The molecule has 0 saturated carbocycles. The Kier molecular flexibility index (Phi) is 4.45. The standard InChI is InChI=1S/C14H13N3O4/c1-2-21-14(20)12-9-17(16-15-12)11-6-3-10(4-7-11)5-8-13(18)19/h3-9H,2H2,1H3,(H,18,19)/b8-5+. The molecule has 2 aromatic rings. The number of benzene rings is 1. The second-order valence-corrected chi connectivity index (χ2v) is 4.03. The lowest BCUT2D eigenvalue weighted by Crippen LogP contribution is -2.04. The first-order valence-electron chi connectivity index (χ1n) is 6.21. The number of carboxylic acid groups (broad SMARTS) is 1. The topological polar surface area (TPSA) is 94.3 Å². The molecule has 0 fully saturated rings. The number of carboxylic acids is 1. The zero-order valence-corrected chi connectivity index (χ0v) is 11.3. The summed E-state index contributed by atoms with van der Waals surface area (Å²) in [6.45, 7) is 1.99. The van der Waals surface area contributed by atoms with Gasteiger partial charge in [-0.05, 0) is 30.7 Å². The Morgan fingerprint density at radius 2 is 2.05 bits per heavy atom. The Morgan fingerprint density at radius 3 is 2.67 bits per heavy atom. The Morgan fingerprint density at radius 1 is 1.33 bits per heavy atom. The van der Waals surface area contributed by atoms with Crippen molar-refractivity contribution in [2.75, 3.05) is 6.61 Å². The third-order valence-electron chi connectivity index (χ3n) is 2.55. The predicted octanol–water partition coefficient (Wildman–Crippen LogP) is 1.54. The van der Waals surface area contributed by atoms with Gasteiger partial charge in [-0.2, -0.15) is 0 Å². The molecule has 7 nitrogen and oxygen atoms in total. The summed E-state index contributed by atoms with van der Waals surface area (Å²) < 4.78 is 6.27. The smallest absolute Gasteiger partial charge is 0.360 e. The van der Waals surface area contributed by atoms with E-state index in [0.717, 1.165) is 11.6 Å². The Hall–Kier alpha value is -2.96. The number of ether oxygens (including phenoxy) is 1. The summed E-state index contributed by atoms with van der Waals surface area (Å²) in [5.74, 6) is -1.53. The number of nitrogens with zero attached hydrogens (tertiary/aromatic N) is 3. The van der Waals surface area contributed by atoms with Gasteiger partial charge in [0, 0.05) is 6.08 Å². The number of hydrogen-bond acceptors (Lipinski definition) is 5. The fourth-order valence-corrected chi connectivity index (χ4v) is 1.59. The van der Waals surface area contributed by atoms with E-state index in [1.165, 1.54) is 17.0 Å². The van der Waals surface area contributed by atoms with E-state index in [2.05, 4.69) is 10.3 Å². The van der Waals surface area contributed by atoms with E-state index in [0.29, 0.717) is 5.69 Å². The van der Waals surface area contributed by atoms with Gasteiger partial charge in [-0.3, -0.25) is 0 Å². The second-order valence-electron chi connectivity index (χ2n) is 4.03. The molecular weight excluding hydrogens is 274 g/mol. The summed E-state index contributed by atoms with van der Waals surface area (Å²) in [6.07, 6.45) is 4.01. The van der Waals surface area contributed by atoms with Crippen LogP contribution in [-0.4, -0.2) is 38.6 Å². The van der Waals surface area contributed by atoms with Crippen molar-refractivity contribution in [3.05, 3.63) is 47.8 Å². The average molecular weight is 287 g/mol. The van der Waals surface area contributed by atoms with Gasteiger partial charge in [0.05, 0.1) is 18.5 Å². The summed E-state index contributed by atoms with van der Waals surface area (Å²) in [4.78, 5) is 21.9. The summed E-state index contributed by atoms with van der Waals surface area (Å²) in [6, 6.07) is 6.96. The SMILES string of the molecule is CCOC(=O)c1cn(-c2ccc(/C=C/C(=O)O)cc2)nn1. The maximum Gasteiger partial charge on any atom is 0.360 e. The number of esters is 1. The van der Waals surface area contributed by atoms with Gasteiger partial charge in [0.1, 0.15) is 0 Å². The van der Waals surface area contributed by atoms with E-state index in [1.54, 1.807) is 31.2 Å². The van der Waals surface area contributed by atoms with Crippen molar-refractivity contribution >= 4 is 18.0 Å². The van der Waals surface area contributed by atoms with Crippen LogP contribution in [0.3, 0.4) is 0 Å². The highest BCUT2D eigenvalue weighted by atomic mass is 16.5. The summed E-state index contributed by atoms with van der Waals surface area (Å²) in [7, 11) is 0. The van der Waals surface area contributed by atoms with Crippen LogP contribution in [-0.2, 0) is 9.53 Å². The van der Waals surface area contributed by atoms with Crippen LogP contribution in [0.25, 0.3) is 11.8 Å². The molecule has 21 heavy (non-hydrogen) atoms. The highest BCUT2D eigenvalue weighted by molar-refractivity contribution is 5.87. The molecule has 0 saturated heterocycles. The minimum absolute atomic E-state index is 0.131. The molecule has 108 valence electrons. The van der Waals surface area contributed by atoms with Crippen molar-refractivity contribution in [1.82, 2.24) is 15.0 Å². The molecular formula is C14H13N3O4. The van der Waals surface area contributed by atoms with Gasteiger partial charge in [-0.15, -0.1) is 5.10 Å². The quantitative estimate of drug-likeness (QED) is 0.662. The molecule has 0 aliphatic rings. The van der Waals surface area contributed by atoms with Gasteiger partial charge in [0.25, 0.3) is 0 Å². The number of carbonyl (C=O) groups excluding carboxylic acids is 1. The largest absolute Gasteiger partial charge is 0.478 e. The monoisotopic (exact) mass is 287 g/mol. The first-order chi connectivity index (χ1) is 10.1. The van der Waals surface area contributed by atoms with Crippen LogP contribution in [0.2, 0.25) is 0 Å².